The number of hydrogen-bond donors (Lipinski definition) is 2. The Hall–Kier alpha value is -2.64. The monoisotopic (exact) mass is 473 g/mol. The molecular formula is C25H26ClF2N3O2. The predicted molar refractivity (Wildman–Crippen MR) is 124 cm³/mol. The molecule has 8 heteroatoms. The summed E-state index contributed by atoms with van der Waals surface area (Å²) in [5, 5.41) is 13.0. The second-order valence-electron chi connectivity index (χ2n) is 8.94. The number of fused-ring (bicyclic) bond motifs is 2. The molecule has 0 spiro atoms. The lowest BCUT2D eigenvalue weighted by Gasteiger charge is -2.34. The quantitative estimate of drug-likeness (QED) is 0.487. The van der Waals surface area contributed by atoms with Crippen molar-refractivity contribution in [2.45, 2.75) is 51.2 Å². The number of amides is 1. The topological polar surface area (TPSA) is 75.1 Å². The SMILES string of the molecule is CC(C)[C@]1(F)CCc2nc3c(F)cc(C(=O)N[C@H](CCO)c4ccc(Cl)nc4)cc3cc2C1. The first-order valence-electron chi connectivity index (χ1n) is 11.0. The Morgan fingerprint density at radius 1 is 1.30 bits per heavy atom. The fourth-order valence-corrected chi connectivity index (χ4v) is 4.45. The van der Waals surface area contributed by atoms with Crippen molar-refractivity contribution in [2.24, 2.45) is 5.92 Å². The average Bonchev–Trinajstić information content (AvgIpc) is 2.78. The molecule has 33 heavy (non-hydrogen) atoms. The smallest absolute Gasteiger partial charge is 0.251 e. The van der Waals surface area contributed by atoms with Gasteiger partial charge in [0, 0.05) is 35.9 Å². The molecule has 2 atom stereocenters. The number of hydrogen-bond acceptors (Lipinski definition) is 4. The summed E-state index contributed by atoms with van der Waals surface area (Å²) in [4.78, 5) is 21.4. The van der Waals surface area contributed by atoms with Gasteiger partial charge in [-0.05, 0) is 60.6 Å². The van der Waals surface area contributed by atoms with E-state index in [0.29, 0.717) is 34.6 Å². The van der Waals surface area contributed by atoms with Crippen LogP contribution in [0.3, 0.4) is 0 Å². The highest BCUT2D eigenvalue weighted by atomic mass is 35.5. The molecule has 1 aromatic carbocycles. The first-order valence-corrected chi connectivity index (χ1v) is 11.4. The molecule has 3 aromatic rings. The molecule has 0 saturated carbocycles. The van der Waals surface area contributed by atoms with E-state index in [1.54, 1.807) is 24.3 Å². The van der Waals surface area contributed by atoms with Crippen LogP contribution in [0, 0.1) is 11.7 Å². The summed E-state index contributed by atoms with van der Waals surface area (Å²) < 4.78 is 30.2. The maximum Gasteiger partial charge on any atom is 0.251 e. The first kappa shape index (κ1) is 23.5. The number of carbonyl (C=O) groups excluding carboxylic acids is 1. The third kappa shape index (κ3) is 4.84. The van der Waals surface area contributed by atoms with E-state index in [4.69, 9.17) is 11.6 Å². The van der Waals surface area contributed by atoms with Crippen LogP contribution >= 0.6 is 11.6 Å². The number of aryl methyl sites for hydroxylation is 1. The van der Waals surface area contributed by atoms with E-state index in [9.17, 15) is 14.3 Å². The van der Waals surface area contributed by atoms with Crippen molar-refractivity contribution >= 4 is 28.4 Å². The lowest BCUT2D eigenvalue weighted by Crippen LogP contribution is -2.36. The largest absolute Gasteiger partial charge is 0.396 e. The zero-order chi connectivity index (χ0) is 23.8. The minimum absolute atomic E-state index is 0.123. The van der Waals surface area contributed by atoms with E-state index in [2.05, 4.69) is 15.3 Å². The van der Waals surface area contributed by atoms with Crippen molar-refractivity contribution in [1.82, 2.24) is 15.3 Å². The summed E-state index contributed by atoms with van der Waals surface area (Å²) in [5.41, 5.74) is 1.12. The molecule has 0 aliphatic heterocycles. The Labute approximate surface area is 196 Å². The lowest BCUT2D eigenvalue weighted by molar-refractivity contribution is 0.0821. The molecular weight excluding hydrogens is 448 g/mol. The summed E-state index contributed by atoms with van der Waals surface area (Å²) in [5.74, 6) is -1.24. The summed E-state index contributed by atoms with van der Waals surface area (Å²) in [6, 6.07) is 7.27. The maximum atomic E-state index is 15.3. The number of nitrogens with one attached hydrogen (secondary N) is 1. The normalized spacial score (nSPS) is 18.9. The highest BCUT2D eigenvalue weighted by molar-refractivity contribution is 6.29. The van der Waals surface area contributed by atoms with E-state index in [1.165, 1.54) is 6.20 Å². The second-order valence-corrected chi connectivity index (χ2v) is 9.33. The molecule has 2 aromatic heterocycles. The van der Waals surface area contributed by atoms with E-state index in [1.807, 2.05) is 13.8 Å². The molecule has 0 saturated heterocycles. The lowest BCUT2D eigenvalue weighted by atomic mass is 9.77. The van der Waals surface area contributed by atoms with Crippen molar-refractivity contribution in [3.63, 3.8) is 0 Å². The van der Waals surface area contributed by atoms with Crippen molar-refractivity contribution in [3.8, 4) is 0 Å². The van der Waals surface area contributed by atoms with Gasteiger partial charge in [-0.3, -0.25) is 4.79 Å². The van der Waals surface area contributed by atoms with Crippen molar-refractivity contribution in [1.29, 1.82) is 0 Å². The van der Waals surface area contributed by atoms with Gasteiger partial charge in [0.05, 0.1) is 6.04 Å². The second kappa shape index (κ2) is 9.31. The Kier molecular flexibility index (Phi) is 6.64. The van der Waals surface area contributed by atoms with E-state index in [0.717, 1.165) is 11.6 Å². The molecule has 1 aliphatic carbocycles. The molecule has 1 aliphatic rings. The number of nitrogens with zero attached hydrogens (tertiary/aromatic N) is 2. The average molecular weight is 474 g/mol. The van der Waals surface area contributed by atoms with Gasteiger partial charge in [-0.25, -0.2) is 18.7 Å². The van der Waals surface area contributed by atoms with Crippen LogP contribution < -0.4 is 5.32 Å². The fraction of sp³-hybridized carbons (Fsp3) is 0.400. The number of carbonyl (C=O) groups is 1. The fourth-order valence-electron chi connectivity index (χ4n) is 4.34. The van der Waals surface area contributed by atoms with Crippen LogP contribution in [0.5, 0.6) is 0 Å². The molecule has 1 amide bonds. The van der Waals surface area contributed by atoms with Crippen LogP contribution in [0.2, 0.25) is 5.15 Å². The van der Waals surface area contributed by atoms with Gasteiger partial charge in [0.25, 0.3) is 5.91 Å². The number of alkyl halides is 1. The van der Waals surface area contributed by atoms with Gasteiger partial charge in [0.1, 0.15) is 22.2 Å². The van der Waals surface area contributed by atoms with Gasteiger partial charge in [-0.1, -0.05) is 31.5 Å². The molecule has 174 valence electrons. The van der Waals surface area contributed by atoms with Crippen LogP contribution in [0.1, 0.15) is 59.9 Å². The Balaban J connectivity index is 1.65. The molecule has 5 nitrogen and oxygen atoms in total. The Morgan fingerprint density at radius 2 is 2.09 bits per heavy atom. The molecule has 4 rings (SSSR count). The predicted octanol–water partition coefficient (Wildman–Crippen LogP) is 5.13. The van der Waals surface area contributed by atoms with Gasteiger partial charge < -0.3 is 10.4 Å². The van der Waals surface area contributed by atoms with Gasteiger partial charge >= 0.3 is 0 Å². The van der Waals surface area contributed by atoms with Crippen molar-refractivity contribution < 1.29 is 18.7 Å². The van der Waals surface area contributed by atoms with Crippen LogP contribution in [-0.2, 0) is 12.8 Å². The maximum absolute atomic E-state index is 15.3. The summed E-state index contributed by atoms with van der Waals surface area (Å²) in [7, 11) is 0. The highest BCUT2D eigenvalue weighted by Crippen LogP contribution is 2.38. The molecule has 2 N–H and O–H groups in total. The molecule has 0 bridgehead atoms. The van der Waals surface area contributed by atoms with Crippen LogP contribution in [0.25, 0.3) is 10.9 Å². The standard InChI is InChI=1S/C25H26ClF2N3O2/c1-14(2)25(28)7-5-20-18(12-25)10-16-9-17(11-19(27)23(16)30-20)24(33)31-21(6-8-32)15-3-4-22(26)29-13-15/h3-4,9-11,13-14,21,32H,5-8,12H2,1-2H3,(H,31,33)/t21-,25+/m1/s1. The number of aliphatic hydroxyl groups excluding tert-OH is 1. The number of rotatable bonds is 6. The number of benzene rings is 1. The first-order chi connectivity index (χ1) is 15.7. The number of pyridine rings is 2. The number of aliphatic hydroxyl groups is 1. The van der Waals surface area contributed by atoms with Gasteiger partial charge in [-0.15, -0.1) is 0 Å². The van der Waals surface area contributed by atoms with E-state index < -0.39 is 23.4 Å². The molecule has 0 unspecified atom stereocenters. The zero-order valence-corrected chi connectivity index (χ0v) is 19.3. The summed E-state index contributed by atoms with van der Waals surface area (Å²) in [6.45, 7) is 3.57. The van der Waals surface area contributed by atoms with Crippen LogP contribution in [0.15, 0.2) is 36.5 Å². The zero-order valence-electron chi connectivity index (χ0n) is 18.5. The third-order valence-electron chi connectivity index (χ3n) is 6.47. The van der Waals surface area contributed by atoms with E-state index in [-0.39, 0.29) is 36.4 Å². The Morgan fingerprint density at radius 3 is 2.76 bits per heavy atom. The highest BCUT2D eigenvalue weighted by Gasteiger charge is 2.38. The minimum atomic E-state index is -1.32. The Bertz CT molecular complexity index is 1190. The molecule has 0 fully saturated rings. The number of aromatic nitrogens is 2. The molecule has 2 heterocycles. The third-order valence-corrected chi connectivity index (χ3v) is 6.70. The summed E-state index contributed by atoms with van der Waals surface area (Å²) in [6.07, 6.45) is 2.83. The minimum Gasteiger partial charge on any atom is -0.396 e. The van der Waals surface area contributed by atoms with Crippen LogP contribution in [0.4, 0.5) is 8.78 Å². The number of halogens is 3. The van der Waals surface area contributed by atoms with Crippen molar-refractivity contribution in [2.75, 3.05) is 6.61 Å². The molecule has 0 radical (unpaired) electrons. The van der Waals surface area contributed by atoms with Gasteiger partial charge in [-0.2, -0.15) is 0 Å². The van der Waals surface area contributed by atoms with Gasteiger partial charge in [0.2, 0.25) is 0 Å². The van der Waals surface area contributed by atoms with E-state index >= 15 is 4.39 Å². The summed E-state index contributed by atoms with van der Waals surface area (Å²) >= 11 is 5.83. The van der Waals surface area contributed by atoms with Crippen molar-refractivity contribution in [3.05, 3.63) is 69.9 Å². The van der Waals surface area contributed by atoms with Gasteiger partial charge in [0.15, 0.2) is 0 Å². The van der Waals surface area contributed by atoms with Crippen LogP contribution in [-0.4, -0.2) is 33.3 Å².